The van der Waals surface area contributed by atoms with Gasteiger partial charge in [0.1, 0.15) is 36.5 Å². The number of amides is 3. The van der Waals surface area contributed by atoms with E-state index in [4.69, 9.17) is 133 Å². The van der Waals surface area contributed by atoms with Crippen molar-refractivity contribution in [2.75, 3.05) is 18.1 Å². The van der Waals surface area contributed by atoms with Crippen molar-refractivity contribution in [2.45, 2.75) is 31.6 Å². The quantitative estimate of drug-likeness (QED) is 0.0207. The van der Waals surface area contributed by atoms with Crippen molar-refractivity contribution in [3.05, 3.63) is 396 Å². The molecule has 1 unspecified atom stereocenters. The molecule has 19 nitrogen and oxygen atoms in total. The van der Waals surface area contributed by atoms with E-state index in [2.05, 4.69) is 50.4 Å². The minimum absolute atomic E-state index is 0.0200. The number of aliphatic imine (C=N–C) groups is 1. The summed E-state index contributed by atoms with van der Waals surface area (Å²) in [4.78, 5) is 151. The Labute approximate surface area is 843 Å². The molecular formula is C113H59Cl9N6O13. The molecule has 0 saturated carbocycles. The summed E-state index contributed by atoms with van der Waals surface area (Å²) in [5.41, 5.74) is 11.0. The zero-order chi connectivity index (χ0) is 98.6. The summed E-state index contributed by atoms with van der Waals surface area (Å²) in [6.45, 7) is 6.29. The van der Waals surface area contributed by atoms with Crippen LogP contribution in [0.25, 0.3) is 110 Å². The molecular weight excluding hydrogens is 1970 g/mol. The number of terminal acetylenes is 3. The lowest BCUT2D eigenvalue weighted by atomic mass is 9.83. The predicted octanol–water partition coefficient (Wildman–Crippen LogP) is 25.1. The second-order valence-corrected chi connectivity index (χ2v) is 37.3. The largest absolute Gasteiger partial charge is 0.494 e. The lowest BCUT2D eigenvalue weighted by Gasteiger charge is -2.28. The Bertz CT molecular complexity index is 9090. The van der Waals surface area contributed by atoms with E-state index in [-0.39, 0.29) is 122 Å². The molecule has 682 valence electrons. The smallest absolute Gasteiger partial charge is 0.280 e. The topological polar surface area (TPSA) is 274 Å². The van der Waals surface area contributed by atoms with Crippen LogP contribution in [0.1, 0.15) is 145 Å². The molecule has 0 saturated heterocycles. The first-order valence-corrected chi connectivity index (χ1v) is 46.7. The molecule has 3 amide bonds. The van der Waals surface area contributed by atoms with Gasteiger partial charge in [0, 0.05) is 98.5 Å². The lowest BCUT2D eigenvalue weighted by Crippen LogP contribution is -2.40. The fourth-order valence-electron chi connectivity index (χ4n) is 19.5. The van der Waals surface area contributed by atoms with Gasteiger partial charge in [0.2, 0.25) is 0 Å². The van der Waals surface area contributed by atoms with Crippen LogP contribution < -0.4 is 30.7 Å². The van der Waals surface area contributed by atoms with Crippen LogP contribution in [0.4, 0.5) is 5.69 Å². The number of aromatic hydroxyl groups is 1. The SMILES string of the molecule is C#CCOc1ccc(-c2[nH]c(O)c3c2C(=O)N=C3c2ccc(Cl)cc2)cc1.C#CCOc1ccc2c(c1)Cc1cc3c(=O)c4ccccc4[nH]c3cc1C2=O.C#CCc1ccc(N2C(=O)c3ccc4c5ccc6c(=C)n(-c7ccc(Cl)cc7)c(=O)c7ccc(c8ccc(c3c48)C2=O)c5c67)cc1.Cc1c(Cl)c(Cl)c2c(c1Cl)C(=O)C(c1ccc3cccc(C4C(=O)c5c(Cl)c(Cl)c(Cl)c(Cl)c5C4=O)c3n1)C2=O. The van der Waals surface area contributed by atoms with Crippen molar-refractivity contribution in [3.8, 4) is 71.4 Å². The predicted molar refractivity (Wildman–Crippen MR) is 557 cm³/mol. The maximum absolute atomic E-state index is 14.0. The first-order chi connectivity index (χ1) is 68.0. The first kappa shape index (κ1) is 91.9. The number of H-pyrrole nitrogens is 2. The second kappa shape index (κ2) is 35.7. The molecule has 0 bridgehead atoms. The number of aromatic nitrogens is 4. The summed E-state index contributed by atoms with van der Waals surface area (Å²) in [5, 5.41) is 21.9. The van der Waals surface area contributed by atoms with Gasteiger partial charge < -0.3 is 24.5 Å². The molecule has 0 spiro atoms. The highest BCUT2D eigenvalue weighted by Gasteiger charge is 2.48. The molecule has 24 rings (SSSR count). The summed E-state index contributed by atoms with van der Waals surface area (Å²) in [6.07, 6.45) is 16.9. The Balaban J connectivity index is 0.000000114. The molecule has 19 aromatic rings. The number of anilines is 1. The van der Waals surface area contributed by atoms with Gasteiger partial charge in [-0.3, -0.25) is 57.5 Å². The average Bonchev–Trinajstić information content (AvgIpc) is 0.725. The van der Waals surface area contributed by atoms with Gasteiger partial charge in [-0.05, 0) is 219 Å². The molecule has 3 aliphatic carbocycles. The number of hydrogen-bond donors (Lipinski definition) is 3. The summed E-state index contributed by atoms with van der Waals surface area (Å²) in [5.74, 6) is 2.24. The van der Waals surface area contributed by atoms with E-state index in [0.29, 0.717) is 139 Å². The number of ketones is 5. The number of nitrogens with one attached hydrogen (secondary N) is 2. The minimum atomic E-state index is -1.36. The Kier molecular flexibility index (Phi) is 23.3. The van der Waals surface area contributed by atoms with Crippen molar-refractivity contribution >= 4 is 256 Å². The Morgan fingerprint density at radius 3 is 1.61 bits per heavy atom. The van der Waals surface area contributed by atoms with E-state index in [0.717, 1.165) is 70.9 Å². The van der Waals surface area contributed by atoms with Crippen molar-refractivity contribution in [1.29, 1.82) is 0 Å². The molecule has 6 heterocycles. The number of carbonyl (C=O) groups excluding carboxylic acids is 8. The van der Waals surface area contributed by atoms with Crippen LogP contribution in [0.15, 0.2) is 245 Å². The van der Waals surface area contributed by atoms with Gasteiger partial charge in [0.25, 0.3) is 23.3 Å². The van der Waals surface area contributed by atoms with Gasteiger partial charge in [0.05, 0.1) is 102 Å². The number of halogens is 9. The van der Waals surface area contributed by atoms with Crippen LogP contribution in [0.3, 0.4) is 0 Å². The van der Waals surface area contributed by atoms with Crippen LogP contribution in [0, 0.1) is 44.0 Å². The molecule has 0 fully saturated rings. The number of nitrogens with zero attached hydrogens (tertiary/aromatic N) is 4. The zero-order valence-electron chi connectivity index (χ0n) is 72.9. The first-order valence-electron chi connectivity index (χ1n) is 43.3. The molecule has 1 atom stereocenters. The van der Waals surface area contributed by atoms with Crippen LogP contribution in [-0.2, 0) is 12.8 Å². The third-order valence-corrected chi connectivity index (χ3v) is 29.7. The summed E-state index contributed by atoms with van der Waals surface area (Å²) < 4.78 is 12.5. The van der Waals surface area contributed by atoms with E-state index in [1.165, 1.54) is 11.0 Å². The fourth-order valence-corrected chi connectivity index (χ4v) is 21.7. The number of hydrogen-bond acceptors (Lipinski definition) is 14. The van der Waals surface area contributed by atoms with E-state index in [1.54, 1.807) is 127 Å². The summed E-state index contributed by atoms with van der Waals surface area (Å²) in [6, 6.07) is 68.3. The average molecular weight is 2030 g/mol. The van der Waals surface area contributed by atoms with Gasteiger partial charge in [-0.15, -0.1) is 25.2 Å². The van der Waals surface area contributed by atoms with Crippen LogP contribution in [0.5, 0.6) is 17.4 Å². The van der Waals surface area contributed by atoms with E-state index in [1.807, 2.05) is 103 Å². The second-order valence-electron chi connectivity index (χ2n) is 33.8. The van der Waals surface area contributed by atoms with E-state index in [9.17, 15) is 53.1 Å². The number of carbonyl (C=O) groups is 8. The highest BCUT2D eigenvalue weighted by Crippen LogP contribution is 2.53. The number of fused-ring (bicyclic) bond motifs is 10. The number of rotatable bonds is 11. The highest BCUT2D eigenvalue weighted by molar-refractivity contribution is 6.56. The maximum atomic E-state index is 14.0. The molecule has 0 radical (unpaired) electrons. The lowest BCUT2D eigenvalue weighted by molar-refractivity contribution is 0.0872. The fraction of sp³-hybridized carbons (Fsp3) is 0.0619. The number of pyridine rings is 3. The zero-order valence-corrected chi connectivity index (χ0v) is 79.7. The van der Waals surface area contributed by atoms with Gasteiger partial charge in [-0.25, -0.2) is 9.89 Å². The normalized spacial score (nSPS) is 13.9. The number of benzene rings is 15. The number of imide groups is 1. The van der Waals surface area contributed by atoms with Crippen molar-refractivity contribution in [1.82, 2.24) is 19.5 Å². The van der Waals surface area contributed by atoms with Crippen LogP contribution >= 0.6 is 104 Å². The Hall–Kier alpha value is -15.5. The maximum Gasteiger partial charge on any atom is 0.280 e. The van der Waals surface area contributed by atoms with Crippen molar-refractivity contribution in [2.24, 2.45) is 4.99 Å². The third kappa shape index (κ3) is 14.9. The molecule has 28 heteroatoms. The number of Topliss-reactive ketones (excluding diaryl/α,β-unsaturated/α-hetero) is 4. The van der Waals surface area contributed by atoms with Crippen LogP contribution in [0.2, 0.25) is 45.2 Å². The molecule has 4 aromatic heterocycles. The van der Waals surface area contributed by atoms with E-state index >= 15 is 0 Å². The number of aromatic amines is 2. The van der Waals surface area contributed by atoms with Gasteiger partial charge in [0.15, 0.2) is 40.2 Å². The van der Waals surface area contributed by atoms with E-state index < -0.39 is 40.9 Å². The third-order valence-electron chi connectivity index (χ3n) is 26.0. The number of para-hydroxylation sites is 2. The van der Waals surface area contributed by atoms with Crippen molar-refractivity contribution in [3.63, 3.8) is 0 Å². The number of ether oxygens (including phenoxy) is 2. The monoisotopic (exact) mass is 2020 g/mol. The van der Waals surface area contributed by atoms with Gasteiger partial charge in [-0.2, -0.15) is 0 Å². The Morgan fingerprint density at radius 1 is 0.447 bits per heavy atom. The van der Waals surface area contributed by atoms with Gasteiger partial charge in [-0.1, -0.05) is 214 Å². The van der Waals surface area contributed by atoms with Gasteiger partial charge >= 0.3 is 0 Å². The van der Waals surface area contributed by atoms with Crippen LogP contribution in [-0.4, -0.2) is 90.2 Å². The molecule has 5 aliphatic rings. The summed E-state index contributed by atoms with van der Waals surface area (Å²) in [7, 11) is 0. The summed E-state index contributed by atoms with van der Waals surface area (Å²) >= 11 is 56.0. The molecule has 2 aliphatic heterocycles. The molecule has 3 N–H and O–H groups in total. The van der Waals surface area contributed by atoms with Crippen molar-refractivity contribution < 1.29 is 52.9 Å². The minimum Gasteiger partial charge on any atom is -0.494 e. The Morgan fingerprint density at radius 2 is 0.979 bits per heavy atom. The molecule has 141 heavy (non-hydrogen) atoms. The molecule has 15 aromatic carbocycles. The highest BCUT2D eigenvalue weighted by atomic mass is 35.5. The standard InChI is InChI=1S/C40H21ClN2O3.C28H10Cl7NO4.C24H15NO3.C21H13ClN2O3/c1-3-4-22-5-9-25(10-6-22)43-39(45)32-19-16-29-27-14-13-26-21(2)42(24-11-7-23(41)8-12-24)38(44)31-18-15-28(35(27)34(26)31)30-17-20-33(40(43)46)37(32)36(29)30;1-7-17(29)13-14(19(31)18(7)30)28(40)12(27(13)39)10-6-5-8-3-2-4-9(24(8)36-10)11-25(37)15-16(26(11)38)21(33)23(35)22(34)20(15)32;1-2-9-28-16-7-8-17-14(11-16)10-15-12-20-22(13-19(15)23(17)26)25-21-6-4-3-5-18(21)24(20)27;1-2-11-27-15-9-5-13(6-10-15)19-17-16(20(25)24-19)18(23-21(17)26)12-3-7-14(22)8-4-12/h1,5-20H,2,4H2;2-6,11-12H,1H3;1,3-8,11-13H,9-10H2,(H,25,27);1,3-10,24-25H,11H2.